The summed E-state index contributed by atoms with van der Waals surface area (Å²) >= 11 is 0. The first-order valence-electron chi connectivity index (χ1n) is 8.05. The Kier molecular flexibility index (Phi) is 6.01. The van der Waals surface area contributed by atoms with Crippen molar-refractivity contribution in [2.45, 2.75) is 52.1 Å². The van der Waals surface area contributed by atoms with Gasteiger partial charge in [-0.3, -0.25) is 0 Å². The van der Waals surface area contributed by atoms with Crippen LogP contribution in [0, 0.1) is 6.92 Å². The first-order chi connectivity index (χ1) is 10.2. The van der Waals surface area contributed by atoms with Gasteiger partial charge in [-0.15, -0.1) is 0 Å². The molecule has 2 rings (SSSR count). The van der Waals surface area contributed by atoms with Crippen molar-refractivity contribution in [2.75, 3.05) is 0 Å². The van der Waals surface area contributed by atoms with E-state index in [0.29, 0.717) is 12.1 Å². The third-order valence-corrected chi connectivity index (χ3v) is 4.04. The van der Waals surface area contributed by atoms with E-state index in [1.165, 1.54) is 23.1 Å². The maximum absolute atomic E-state index is 3.77. The highest BCUT2D eigenvalue weighted by atomic mass is 14.9. The van der Waals surface area contributed by atoms with E-state index in [0.717, 1.165) is 12.8 Å². The number of nitrogens with one attached hydrogen (secondary N) is 1. The standard InChI is InChI=1S/C20H27N/c1-4-20(19-11-6-5-7-12-19)21-17(3)13-14-18-10-8-9-16(2)15-18/h5-12,15,17,20-21H,4,13-14H2,1-3H3. The van der Waals surface area contributed by atoms with E-state index in [2.05, 4.69) is 80.7 Å². The van der Waals surface area contributed by atoms with Gasteiger partial charge in [-0.05, 0) is 44.2 Å². The first kappa shape index (κ1) is 15.8. The normalized spacial score (nSPS) is 13.9. The van der Waals surface area contributed by atoms with Crippen LogP contribution in [0.15, 0.2) is 54.6 Å². The molecule has 21 heavy (non-hydrogen) atoms. The van der Waals surface area contributed by atoms with Gasteiger partial charge in [0, 0.05) is 12.1 Å². The lowest BCUT2D eigenvalue weighted by Gasteiger charge is -2.23. The van der Waals surface area contributed by atoms with Crippen LogP contribution in [0.1, 0.15) is 49.4 Å². The lowest BCUT2D eigenvalue weighted by Crippen LogP contribution is -2.30. The highest BCUT2D eigenvalue weighted by molar-refractivity contribution is 5.22. The lowest BCUT2D eigenvalue weighted by molar-refractivity contribution is 0.427. The van der Waals surface area contributed by atoms with Crippen LogP contribution in [-0.2, 0) is 6.42 Å². The van der Waals surface area contributed by atoms with E-state index in [9.17, 15) is 0 Å². The first-order valence-corrected chi connectivity index (χ1v) is 8.05. The molecule has 1 N–H and O–H groups in total. The Bertz CT molecular complexity index is 533. The Labute approximate surface area is 129 Å². The Balaban J connectivity index is 1.87. The van der Waals surface area contributed by atoms with Crippen LogP contribution in [0.2, 0.25) is 0 Å². The van der Waals surface area contributed by atoms with E-state index in [1.54, 1.807) is 0 Å². The average Bonchev–Trinajstić information content (AvgIpc) is 2.51. The SMILES string of the molecule is CCC(NC(C)CCc1cccc(C)c1)c1ccccc1. The minimum atomic E-state index is 0.457. The van der Waals surface area contributed by atoms with Crippen LogP contribution < -0.4 is 5.32 Å². The molecule has 1 heteroatoms. The molecule has 0 radical (unpaired) electrons. The molecule has 2 aromatic rings. The number of hydrogen-bond donors (Lipinski definition) is 1. The summed E-state index contributed by atoms with van der Waals surface area (Å²) in [7, 11) is 0. The molecule has 0 saturated carbocycles. The Morgan fingerprint density at radius 1 is 1.00 bits per heavy atom. The van der Waals surface area contributed by atoms with Crippen molar-refractivity contribution in [3.63, 3.8) is 0 Å². The Morgan fingerprint density at radius 2 is 1.76 bits per heavy atom. The van der Waals surface area contributed by atoms with Gasteiger partial charge in [0.2, 0.25) is 0 Å². The zero-order chi connectivity index (χ0) is 15.1. The van der Waals surface area contributed by atoms with E-state index in [4.69, 9.17) is 0 Å². The fourth-order valence-corrected chi connectivity index (χ4v) is 2.81. The molecule has 2 unspecified atom stereocenters. The van der Waals surface area contributed by atoms with E-state index in [1.807, 2.05) is 0 Å². The summed E-state index contributed by atoms with van der Waals surface area (Å²) in [5, 5.41) is 3.77. The molecule has 0 aliphatic carbocycles. The quantitative estimate of drug-likeness (QED) is 0.748. The smallest absolute Gasteiger partial charge is 0.0319 e. The van der Waals surface area contributed by atoms with Gasteiger partial charge in [0.05, 0.1) is 0 Å². The lowest BCUT2D eigenvalue weighted by atomic mass is 10.0. The van der Waals surface area contributed by atoms with Crippen molar-refractivity contribution < 1.29 is 0 Å². The van der Waals surface area contributed by atoms with Gasteiger partial charge in [-0.2, -0.15) is 0 Å². The fourth-order valence-electron chi connectivity index (χ4n) is 2.81. The zero-order valence-corrected chi connectivity index (χ0v) is 13.5. The summed E-state index contributed by atoms with van der Waals surface area (Å²) in [6, 6.07) is 20.6. The summed E-state index contributed by atoms with van der Waals surface area (Å²) in [4.78, 5) is 0. The molecule has 0 saturated heterocycles. The Morgan fingerprint density at radius 3 is 2.43 bits per heavy atom. The molecule has 1 nitrogen and oxygen atoms in total. The van der Waals surface area contributed by atoms with Gasteiger partial charge in [-0.1, -0.05) is 67.1 Å². The monoisotopic (exact) mass is 281 g/mol. The largest absolute Gasteiger partial charge is 0.307 e. The molecule has 2 atom stereocenters. The number of benzene rings is 2. The third kappa shape index (κ3) is 5.02. The topological polar surface area (TPSA) is 12.0 Å². The summed E-state index contributed by atoms with van der Waals surface area (Å²) in [6.07, 6.45) is 3.44. The highest BCUT2D eigenvalue weighted by Gasteiger charge is 2.12. The van der Waals surface area contributed by atoms with E-state index >= 15 is 0 Å². The highest BCUT2D eigenvalue weighted by Crippen LogP contribution is 2.18. The van der Waals surface area contributed by atoms with Crippen molar-refractivity contribution >= 4 is 0 Å². The Hall–Kier alpha value is -1.60. The van der Waals surface area contributed by atoms with Gasteiger partial charge in [0.1, 0.15) is 0 Å². The molecular formula is C20H27N. The van der Waals surface area contributed by atoms with Crippen LogP contribution in [0.4, 0.5) is 0 Å². The molecular weight excluding hydrogens is 254 g/mol. The van der Waals surface area contributed by atoms with Gasteiger partial charge >= 0.3 is 0 Å². The number of hydrogen-bond acceptors (Lipinski definition) is 1. The summed E-state index contributed by atoms with van der Waals surface area (Å²) < 4.78 is 0. The van der Waals surface area contributed by atoms with Crippen LogP contribution >= 0.6 is 0 Å². The molecule has 0 aliphatic heterocycles. The van der Waals surface area contributed by atoms with Crippen LogP contribution in [0.3, 0.4) is 0 Å². The molecule has 0 fully saturated rings. The second-order valence-corrected chi connectivity index (χ2v) is 5.97. The maximum Gasteiger partial charge on any atom is 0.0319 e. The van der Waals surface area contributed by atoms with E-state index in [-0.39, 0.29) is 0 Å². The van der Waals surface area contributed by atoms with Gasteiger partial charge in [-0.25, -0.2) is 0 Å². The summed E-state index contributed by atoms with van der Waals surface area (Å²) in [5.74, 6) is 0. The maximum atomic E-state index is 3.77. The van der Waals surface area contributed by atoms with Crippen LogP contribution in [0.5, 0.6) is 0 Å². The van der Waals surface area contributed by atoms with E-state index < -0.39 is 0 Å². The zero-order valence-electron chi connectivity index (χ0n) is 13.5. The second kappa shape index (κ2) is 7.99. The minimum Gasteiger partial charge on any atom is -0.307 e. The number of rotatable bonds is 7. The van der Waals surface area contributed by atoms with Crippen LogP contribution in [0.25, 0.3) is 0 Å². The van der Waals surface area contributed by atoms with Gasteiger partial charge in [0.15, 0.2) is 0 Å². The van der Waals surface area contributed by atoms with Crippen molar-refractivity contribution in [2.24, 2.45) is 0 Å². The van der Waals surface area contributed by atoms with Gasteiger partial charge < -0.3 is 5.32 Å². The fraction of sp³-hybridized carbons (Fsp3) is 0.400. The molecule has 2 aromatic carbocycles. The molecule has 0 spiro atoms. The second-order valence-electron chi connectivity index (χ2n) is 5.97. The average molecular weight is 281 g/mol. The predicted molar refractivity (Wildman–Crippen MR) is 91.6 cm³/mol. The van der Waals surface area contributed by atoms with Crippen molar-refractivity contribution in [1.82, 2.24) is 5.32 Å². The van der Waals surface area contributed by atoms with Crippen LogP contribution in [-0.4, -0.2) is 6.04 Å². The third-order valence-electron chi connectivity index (χ3n) is 4.04. The predicted octanol–water partition coefficient (Wildman–Crippen LogP) is 5.06. The molecule has 0 heterocycles. The molecule has 0 aliphatic rings. The minimum absolute atomic E-state index is 0.457. The summed E-state index contributed by atoms with van der Waals surface area (Å²) in [5.41, 5.74) is 4.18. The molecule has 0 bridgehead atoms. The molecule has 0 aromatic heterocycles. The van der Waals surface area contributed by atoms with Crippen molar-refractivity contribution in [3.05, 3.63) is 71.3 Å². The van der Waals surface area contributed by atoms with Gasteiger partial charge in [0.25, 0.3) is 0 Å². The number of aryl methyl sites for hydroxylation is 2. The van der Waals surface area contributed by atoms with Crippen molar-refractivity contribution in [3.8, 4) is 0 Å². The molecule has 0 amide bonds. The molecule has 112 valence electrons. The van der Waals surface area contributed by atoms with Crippen molar-refractivity contribution in [1.29, 1.82) is 0 Å². The summed E-state index contributed by atoms with van der Waals surface area (Å²) in [6.45, 7) is 6.70.